The molecule has 0 radical (unpaired) electrons. The molecule has 2 bridgehead atoms. The number of fused-ring (bicyclic) bond motifs is 2. The fourth-order valence-corrected chi connectivity index (χ4v) is 4.63. The fourth-order valence-electron chi connectivity index (χ4n) is 4.63. The number of anilines is 1. The largest absolute Gasteiger partial charge is 0.385 e. The highest BCUT2D eigenvalue weighted by molar-refractivity contribution is 6.11. The minimum atomic E-state index is 0.102. The smallest absolute Gasteiger partial charge is 0.228 e. The van der Waals surface area contributed by atoms with Gasteiger partial charge in [0.15, 0.2) is 0 Å². The lowest BCUT2D eigenvalue weighted by molar-refractivity contribution is -0.120. The van der Waals surface area contributed by atoms with E-state index in [-0.39, 0.29) is 11.8 Å². The standard InChI is InChI=1S/C25H30N4O/c30-25(19-6-7-19)29-24-15-22(20-12-13-26-23(14-20)28-24)18-8-10-21(11-9-18)27-16-17-4-2-1-3-5-17/h8-13,17,19,27H,1-7,14-16H2,(H,26,28,29,30). The van der Waals surface area contributed by atoms with Gasteiger partial charge in [-0.05, 0) is 66.5 Å². The van der Waals surface area contributed by atoms with Gasteiger partial charge in [0.25, 0.3) is 0 Å². The van der Waals surface area contributed by atoms with Crippen molar-refractivity contribution in [3.63, 3.8) is 0 Å². The van der Waals surface area contributed by atoms with E-state index in [0.29, 0.717) is 6.42 Å². The Morgan fingerprint density at radius 1 is 1.00 bits per heavy atom. The first-order valence-corrected chi connectivity index (χ1v) is 11.4. The minimum absolute atomic E-state index is 0.102. The summed E-state index contributed by atoms with van der Waals surface area (Å²) in [6.07, 6.45) is 14.1. The van der Waals surface area contributed by atoms with Crippen molar-refractivity contribution in [1.82, 2.24) is 5.32 Å². The Bertz CT molecular complexity index is 928. The van der Waals surface area contributed by atoms with Gasteiger partial charge in [0.2, 0.25) is 5.91 Å². The van der Waals surface area contributed by atoms with Crippen molar-refractivity contribution in [3.05, 3.63) is 47.7 Å². The van der Waals surface area contributed by atoms with Gasteiger partial charge in [-0.25, -0.2) is 9.98 Å². The molecular formula is C25H30N4O. The average Bonchev–Trinajstić information content (AvgIpc) is 3.63. The van der Waals surface area contributed by atoms with Crippen molar-refractivity contribution in [2.45, 2.75) is 57.8 Å². The molecule has 1 amide bonds. The molecule has 2 saturated carbocycles. The summed E-state index contributed by atoms with van der Waals surface area (Å²) in [7, 11) is 0. The van der Waals surface area contributed by atoms with Crippen LogP contribution in [0, 0.1) is 11.8 Å². The quantitative estimate of drug-likeness (QED) is 0.721. The Kier molecular flexibility index (Phi) is 5.52. The van der Waals surface area contributed by atoms with Crippen molar-refractivity contribution in [1.29, 1.82) is 0 Å². The summed E-state index contributed by atoms with van der Waals surface area (Å²) in [5.74, 6) is 2.58. The molecule has 5 nitrogen and oxygen atoms in total. The minimum Gasteiger partial charge on any atom is -0.385 e. The molecular weight excluding hydrogens is 372 g/mol. The van der Waals surface area contributed by atoms with Crippen LogP contribution in [0.4, 0.5) is 5.69 Å². The lowest BCUT2D eigenvalue weighted by Crippen LogP contribution is -2.32. The predicted molar refractivity (Wildman–Crippen MR) is 123 cm³/mol. The first-order chi connectivity index (χ1) is 14.7. The SMILES string of the molecule is O=C(NC1=NC2=NC=CC(=C(c3ccc(NCC4CCCCC4)cc3)C1)C2)C1CC1. The highest BCUT2D eigenvalue weighted by atomic mass is 16.2. The zero-order valence-electron chi connectivity index (χ0n) is 17.5. The summed E-state index contributed by atoms with van der Waals surface area (Å²) >= 11 is 0. The maximum Gasteiger partial charge on any atom is 0.228 e. The van der Waals surface area contributed by atoms with Crippen LogP contribution in [-0.2, 0) is 4.79 Å². The Morgan fingerprint density at radius 2 is 1.80 bits per heavy atom. The maximum atomic E-state index is 12.3. The number of allylic oxidation sites excluding steroid dienone is 1. The van der Waals surface area contributed by atoms with Gasteiger partial charge in [0, 0.05) is 37.2 Å². The zero-order valence-corrected chi connectivity index (χ0v) is 17.5. The van der Waals surface area contributed by atoms with E-state index in [4.69, 9.17) is 0 Å². The number of rotatable bonds is 5. The molecule has 4 aliphatic rings. The molecule has 0 atom stereocenters. The number of hydrogen-bond acceptors (Lipinski definition) is 4. The average molecular weight is 403 g/mol. The second-order valence-corrected chi connectivity index (χ2v) is 9.00. The number of hydrogen-bond donors (Lipinski definition) is 2. The third-order valence-electron chi connectivity index (χ3n) is 6.61. The van der Waals surface area contributed by atoms with Crippen LogP contribution < -0.4 is 10.6 Å². The predicted octanol–water partition coefficient (Wildman–Crippen LogP) is 5.08. The van der Waals surface area contributed by atoms with Crippen molar-refractivity contribution < 1.29 is 4.79 Å². The van der Waals surface area contributed by atoms with E-state index in [1.807, 2.05) is 6.20 Å². The first-order valence-electron chi connectivity index (χ1n) is 11.4. The van der Waals surface area contributed by atoms with Crippen LogP contribution >= 0.6 is 0 Å². The van der Waals surface area contributed by atoms with Crippen molar-refractivity contribution in [2.24, 2.45) is 21.8 Å². The van der Waals surface area contributed by atoms with E-state index in [9.17, 15) is 4.79 Å². The molecule has 5 rings (SSSR count). The number of carbonyl (C=O) groups excluding carboxylic acids is 1. The summed E-state index contributed by atoms with van der Waals surface area (Å²) in [5, 5.41) is 6.68. The Labute approximate surface area is 178 Å². The van der Waals surface area contributed by atoms with E-state index >= 15 is 0 Å². The molecule has 2 aliphatic carbocycles. The van der Waals surface area contributed by atoms with Crippen molar-refractivity contribution >= 4 is 28.8 Å². The molecule has 1 aromatic rings. The number of amides is 1. The van der Waals surface area contributed by atoms with Gasteiger partial charge >= 0.3 is 0 Å². The number of amidine groups is 2. The molecule has 0 unspecified atom stereocenters. The molecule has 2 fully saturated rings. The maximum absolute atomic E-state index is 12.3. The van der Waals surface area contributed by atoms with Crippen LogP contribution in [-0.4, -0.2) is 24.1 Å². The summed E-state index contributed by atoms with van der Waals surface area (Å²) < 4.78 is 0. The number of carbonyl (C=O) groups is 1. The van der Waals surface area contributed by atoms with E-state index in [2.05, 4.69) is 51.0 Å². The molecule has 2 aliphatic heterocycles. The highest BCUT2D eigenvalue weighted by Crippen LogP contribution is 2.32. The number of nitrogens with zero attached hydrogens (tertiary/aromatic N) is 2. The van der Waals surface area contributed by atoms with Gasteiger partial charge in [0.1, 0.15) is 11.7 Å². The van der Waals surface area contributed by atoms with Gasteiger partial charge in [0.05, 0.1) is 0 Å². The molecule has 0 saturated heterocycles. The van der Waals surface area contributed by atoms with Gasteiger partial charge in [-0.2, -0.15) is 0 Å². The molecule has 0 aromatic heterocycles. The summed E-state index contributed by atoms with van der Waals surface area (Å²) in [4.78, 5) is 21.3. The first kappa shape index (κ1) is 19.3. The van der Waals surface area contributed by atoms with E-state index in [0.717, 1.165) is 43.4 Å². The van der Waals surface area contributed by atoms with Crippen LogP contribution in [0.1, 0.15) is 63.4 Å². The Hall–Kier alpha value is -2.69. The van der Waals surface area contributed by atoms with Gasteiger partial charge < -0.3 is 10.6 Å². The van der Waals surface area contributed by atoms with Crippen LogP contribution in [0.3, 0.4) is 0 Å². The van der Waals surface area contributed by atoms with Crippen molar-refractivity contribution in [2.75, 3.05) is 11.9 Å². The summed E-state index contributed by atoms with van der Waals surface area (Å²) in [6.45, 7) is 1.07. The number of nitrogens with one attached hydrogen (secondary N) is 2. The number of benzene rings is 1. The van der Waals surface area contributed by atoms with Gasteiger partial charge in [-0.15, -0.1) is 0 Å². The van der Waals surface area contributed by atoms with Crippen LogP contribution in [0.25, 0.3) is 5.57 Å². The molecule has 5 heteroatoms. The van der Waals surface area contributed by atoms with E-state index in [1.54, 1.807) is 0 Å². The third-order valence-corrected chi connectivity index (χ3v) is 6.61. The Morgan fingerprint density at radius 3 is 2.57 bits per heavy atom. The molecule has 2 heterocycles. The fraction of sp³-hybridized carbons (Fsp3) is 0.480. The van der Waals surface area contributed by atoms with E-state index < -0.39 is 0 Å². The lowest BCUT2D eigenvalue weighted by Gasteiger charge is -2.22. The highest BCUT2D eigenvalue weighted by Gasteiger charge is 2.31. The normalized spacial score (nSPS) is 21.6. The second kappa shape index (κ2) is 8.58. The van der Waals surface area contributed by atoms with Gasteiger partial charge in [-0.3, -0.25) is 4.79 Å². The second-order valence-electron chi connectivity index (χ2n) is 9.00. The molecule has 1 aromatic carbocycles. The zero-order chi connectivity index (χ0) is 20.3. The topological polar surface area (TPSA) is 65.8 Å². The lowest BCUT2D eigenvalue weighted by atomic mass is 9.89. The molecule has 0 spiro atoms. The Balaban J connectivity index is 1.30. The molecule has 2 N–H and O–H groups in total. The van der Waals surface area contributed by atoms with Crippen LogP contribution in [0.5, 0.6) is 0 Å². The van der Waals surface area contributed by atoms with Crippen molar-refractivity contribution in [3.8, 4) is 0 Å². The van der Waals surface area contributed by atoms with Crippen LogP contribution in [0.2, 0.25) is 0 Å². The third kappa shape index (κ3) is 4.55. The molecule has 30 heavy (non-hydrogen) atoms. The number of aliphatic imine (C=N–C) groups is 2. The summed E-state index contributed by atoms with van der Waals surface area (Å²) in [6, 6.07) is 8.74. The monoisotopic (exact) mass is 402 g/mol. The van der Waals surface area contributed by atoms with E-state index in [1.165, 1.54) is 54.5 Å². The van der Waals surface area contributed by atoms with Gasteiger partial charge in [-0.1, -0.05) is 31.4 Å². The summed E-state index contributed by atoms with van der Waals surface area (Å²) in [5.41, 5.74) is 4.84. The van der Waals surface area contributed by atoms with Crippen LogP contribution in [0.15, 0.2) is 52.1 Å². The molecule has 156 valence electrons.